The van der Waals surface area contributed by atoms with Gasteiger partial charge in [0.1, 0.15) is 12.3 Å². The summed E-state index contributed by atoms with van der Waals surface area (Å²) < 4.78 is 19.2. The Hall–Kier alpha value is -1.97. The topological polar surface area (TPSA) is 30.7 Å². The van der Waals surface area contributed by atoms with Crippen molar-refractivity contribution in [3.05, 3.63) is 34.6 Å². The zero-order valence-electron chi connectivity index (χ0n) is 14.1. The molecule has 4 rings (SSSR count). The van der Waals surface area contributed by atoms with Gasteiger partial charge in [0, 0.05) is 31.2 Å². The van der Waals surface area contributed by atoms with Gasteiger partial charge in [-0.25, -0.2) is 4.58 Å². The molecule has 122 valence electrons. The zero-order chi connectivity index (χ0) is 16.0. The third kappa shape index (κ3) is 2.15. The summed E-state index contributed by atoms with van der Waals surface area (Å²) in [7, 11) is 5.22. The van der Waals surface area contributed by atoms with Gasteiger partial charge in [-0.1, -0.05) is 0 Å². The number of hydrogen-bond acceptors (Lipinski definition) is 3. The van der Waals surface area contributed by atoms with Crippen LogP contribution in [0.15, 0.2) is 23.5 Å². The second-order valence-corrected chi connectivity index (χ2v) is 6.46. The Morgan fingerprint density at radius 2 is 1.70 bits per heavy atom. The predicted octanol–water partition coefficient (Wildman–Crippen LogP) is 3.24. The summed E-state index contributed by atoms with van der Waals surface area (Å²) in [5.74, 6) is 2.88. The van der Waals surface area contributed by atoms with Crippen LogP contribution in [0.4, 0.5) is 0 Å². The summed E-state index contributed by atoms with van der Waals surface area (Å²) >= 11 is 0. The average Bonchev–Trinajstić information content (AvgIpc) is 3.03. The number of rotatable bonds is 3. The summed E-state index contributed by atoms with van der Waals surface area (Å²) in [4.78, 5) is 0. The summed E-state index contributed by atoms with van der Waals surface area (Å²) in [6.45, 7) is 1.09. The van der Waals surface area contributed by atoms with Crippen molar-refractivity contribution in [3.63, 3.8) is 0 Å². The number of methoxy groups -OCH3 is 3. The first-order chi connectivity index (χ1) is 11.3. The third-order valence-corrected chi connectivity index (χ3v) is 5.54. The number of allylic oxidation sites excluding steroid dienone is 2. The van der Waals surface area contributed by atoms with Crippen molar-refractivity contribution in [2.24, 2.45) is 0 Å². The molecule has 23 heavy (non-hydrogen) atoms. The molecule has 0 spiro atoms. The van der Waals surface area contributed by atoms with Crippen molar-refractivity contribution in [1.82, 2.24) is 0 Å². The molecule has 0 saturated heterocycles. The molecule has 1 atom stereocenters. The minimum absolute atomic E-state index is 0.466. The molecule has 0 fully saturated rings. The average molecular weight is 314 g/mol. The van der Waals surface area contributed by atoms with E-state index in [4.69, 9.17) is 14.2 Å². The largest absolute Gasteiger partial charge is 0.501 e. The van der Waals surface area contributed by atoms with E-state index >= 15 is 0 Å². The maximum Gasteiger partial charge on any atom is 0.183 e. The van der Waals surface area contributed by atoms with E-state index in [2.05, 4.69) is 16.7 Å². The fraction of sp³-hybridized carbons (Fsp3) is 0.526. The fourth-order valence-corrected chi connectivity index (χ4v) is 4.46. The second-order valence-electron chi connectivity index (χ2n) is 6.46. The highest BCUT2D eigenvalue weighted by molar-refractivity contribution is 5.99. The van der Waals surface area contributed by atoms with E-state index in [1.807, 2.05) is 0 Å². The first-order valence-electron chi connectivity index (χ1n) is 8.40. The summed E-state index contributed by atoms with van der Waals surface area (Å²) in [5, 5.41) is 0. The van der Waals surface area contributed by atoms with Crippen LogP contribution in [-0.4, -0.2) is 38.2 Å². The van der Waals surface area contributed by atoms with Crippen molar-refractivity contribution < 1.29 is 18.8 Å². The quantitative estimate of drug-likeness (QED) is 0.803. The van der Waals surface area contributed by atoms with Gasteiger partial charge in [-0.15, -0.1) is 0 Å². The Labute approximate surface area is 137 Å². The van der Waals surface area contributed by atoms with Crippen molar-refractivity contribution in [3.8, 4) is 11.5 Å². The van der Waals surface area contributed by atoms with E-state index in [1.165, 1.54) is 28.2 Å². The van der Waals surface area contributed by atoms with Gasteiger partial charge in [-0.05, 0) is 24.1 Å². The van der Waals surface area contributed by atoms with Crippen LogP contribution in [0.1, 0.15) is 42.9 Å². The molecule has 0 bridgehead atoms. The highest BCUT2D eigenvalue weighted by Gasteiger charge is 2.42. The first-order valence-corrected chi connectivity index (χ1v) is 8.40. The van der Waals surface area contributed by atoms with E-state index in [1.54, 1.807) is 21.3 Å². The number of fused-ring (bicyclic) bond motifs is 4. The molecule has 3 aliphatic rings. The molecule has 1 aromatic carbocycles. The Kier molecular flexibility index (Phi) is 3.55. The Morgan fingerprint density at radius 1 is 0.913 bits per heavy atom. The summed E-state index contributed by atoms with van der Waals surface area (Å²) in [6.07, 6.45) is 5.51. The van der Waals surface area contributed by atoms with Gasteiger partial charge in [0.15, 0.2) is 23.3 Å². The number of hydrogen-bond donors (Lipinski definition) is 0. The number of nitrogens with zero attached hydrogens (tertiary/aromatic N) is 1. The normalized spacial score (nSPS) is 22.5. The van der Waals surface area contributed by atoms with Gasteiger partial charge in [-0.2, -0.15) is 0 Å². The van der Waals surface area contributed by atoms with Crippen LogP contribution >= 0.6 is 0 Å². The Bertz CT molecular complexity index is 718. The molecule has 4 heteroatoms. The van der Waals surface area contributed by atoms with Gasteiger partial charge >= 0.3 is 0 Å². The van der Waals surface area contributed by atoms with Crippen molar-refractivity contribution in [2.45, 2.75) is 38.1 Å². The maximum absolute atomic E-state index is 5.59. The predicted molar refractivity (Wildman–Crippen MR) is 88.6 cm³/mol. The zero-order valence-corrected chi connectivity index (χ0v) is 14.1. The molecule has 0 radical (unpaired) electrons. The molecule has 0 N–H and O–H groups in total. The van der Waals surface area contributed by atoms with Gasteiger partial charge in [0.05, 0.1) is 26.9 Å². The minimum Gasteiger partial charge on any atom is -0.501 e. The minimum atomic E-state index is 0.466. The lowest BCUT2D eigenvalue weighted by atomic mass is 9.85. The highest BCUT2D eigenvalue weighted by atomic mass is 16.5. The standard InChI is InChI=1S/C19H24NO3/c1-21-17-7-6-15-13(17)4-5-16-14-11-19(23-3)18(22-2)10-12(14)8-9-20(15)16/h10-11,16H,4-9H2,1-3H3/q+1/t16-/m1/s1. The van der Waals surface area contributed by atoms with E-state index in [0.29, 0.717) is 6.04 Å². The molecule has 1 aliphatic carbocycles. The molecule has 2 aliphatic heterocycles. The molecule has 0 unspecified atom stereocenters. The van der Waals surface area contributed by atoms with Crippen LogP contribution in [0.3, 0.4) is 0 Å². The van der Waals surface area contributed by atoms with Gasteiger partial charge in [0.25, 0.3) is 0 Å². The molecular weight excluding hydrogens is 290 g/mol. The third-order valence-electron chi connectivity index (χ3n) is 5.54. The lowest BCUT2D eigenvalue weighted by Gasteiger charge is -2.30. The SMILES string of the molecule is COC1=C2CC[C@@H]3c4cc(OC)c(OC)cc4CC[N+]3=C2CC1. The maximum atomic E-state index is 5.59. The van der Waals surface area contributed by atoms with Crippen LogP contribution in [0.25, 0.3) is 0 Å². The van der Waals surface area contributed by atoms with Gasteiger partial charge in [0.2, 0.25) is 0 Å². The van der Waals surface area contributed by atoms with E-state index in [9.17, 15) is 0 Å². The lowest BCUT2D eigenvalue weighted by molar-refractivity contribution is -0.580. The Balaban J connectivity index is 1.81. The van der Waals surface area contributed by atoms with Crippen LogP contribution in [0.2, 0.25) is 0 Å². The van der Waals surface area contributed by atoms with Gasteiger partial charge < -0.3 is 14.2 Å². The van der Waals surface area contributed by atoms with Crippen molar-refractivity contribution >= 4 is 5.71 Å². The molecule has 1 aromatic rings. The van der Waals surface area contributed by atoms with E-state index < -0.39 is 0 Å². The smallest absolute Gasteiger partial charge is 0.183 e. The molecule has 2 heterocycles. The molecular formula is C19H24NO3+. The van der Waals surface area contributed by atoms with E-state index in [-0.39, 0.29) is 0 Å². The molecule has 4 nitrogen and oxygen atoms in total. The fourth-order valence-electron chi connectivity index (χ4n) is 4.46. The van der Waals surface area contributed by atoms with Crippen LogP contribution in [-0.2, 0) is 11.2 Å². The van der Waals surface area contributed by atoms with E-state index in [0.717, 1.165) is 50.1 Å². The summed E-state index contributed by atoms with van der Waals surface area (Å²) in [5.41, 5.74) is 5.79. The van der Waals surface area contributed by atoms with Crippen molar-refractivity contribution in [1.29, 1.82) is 0 Å². The second kappa shape index (κ2) is 5.59. The Morgan fingerprint density at radius 3 is 2.43 bits per heavy atom. The highest BCUT2D eigenvalue weighted by Crippen LogP contribution is 2.43. The molecule has 0 amide bonds. The number of ether oxygens (including phenoxy) is 3. The summed E-state index contributed by atoms with van der Waals surface area (Å²) in [6, 6.07) is 4.82. The van der Waals surface area contributed by atoms with Crippen LogP contribution < -0.4 is 9.47 Å². The molecule has 0 saturated carbocycles. The van der Waals surface area contributed by atoms with Gasteiger partial charge in [-0.3, -0.25) is 0 Å². The number of benzene rings is 1. The lowest BCUT2D eigenvalue weighted by Crippen LogP contribution is -2.35. The monoisotopic (exact) mass is 314 g/mol. The van der Waals surface area contributed by atoms with Crippen LogP contribution in [0.5, 0.6) is 11.5 Å². The van der Waals surface area contributed by atoms with Crippen LogP contribution in [0, 0.1) is 0 Å². The first kappa shape index (κ1) is 14.6. The van der Waals surface area contributed by atoms with Crippen molar-refractivity contribution in [2.75, 3.05) is 27.9 Å². The molecule has 0 aromatic heterocycles.